The van der Waals surface area contributed by atoms with Crippen molar-refractivity contribution in [3.05, 3.63) is 0 Å². The Morgan fingerprint density at radius 3 is 2.00 bits per heavy atom. The Labute approximate surface area is 57.0 Å². The molecule has 0 unspecified atom stereocenters. The van der Waals surface area contributed by atoms with E-state index < -0.39 is 0 Å². The van der Waals surface area contributed by atoms with Gasteiger partial charge in [-0.1, -0.05) is 5.92 Å². The Morgan fingerprint density at radius 1 is 1.44 bits per heavy atom. The maximum Gasteiger partial charge on any atom is 0.0818 e. The van der Waals surface area contributed by atoms with Gasteiger partial charge < -0.3 is 0 Å². The van der Waals surface area contributed by atoms with Gasteiger partial charge in [0.2, 0.25) is 0 Å². The van der Waals surface area contributed by atoms with E-state index in [-0.39, 0.29) is 5.54 Å². The van der Waals surface area contributed by atoms with Crippen molar-refractivity contribution < 1.29 is 0 Å². The Kier molecular flexibility index (Phi) is 1.50. The van der Waals surface area contributed by atoms with Crippen LogP contribution in [0.2, 0.25) is 0 Å². The monoisotopic (exact) mass is 123 g/mol. The van der Waals surface area contributed by atoms with Crippen LogP contribution in [0.3, 0.4) is 0 Å². The summed E-state index contributed by atoms with van der Waals surface area (Å²) in [5.41, 5.74) is 0.125. The lowest BCUT2D eigenvalue weighted by Gasteiger charge is -2.42. The van der Waals surface area contributed by atoms with Crippen LogP contribution in [0.1, 0.15) is 19.3 Å². The number of hydrogen-bond acceptors (Lipinski definition) is 1. The second-order valence-electron chi connectivity index (χ2n) is 2.92. The lowest BCUT2D eigenvalue weighted by Crippen LogP contribution is -2.48. The molecular formula is C8H13N. The minimum absolute atomic E-state index is 0.125. The van der Waals surface area contributed by atoms with Gasteiger partial charge in [0.25, 0.3) is 0 Å². The summed E-state index contributed by atoms with van der Waals surface area (Å²) in [6.45, 7) is 0. The van der Waals surface area contributed by atoms with Crippen LogP contribution < -0.4 is 0 Å². The molecule has 50 valence electrons. The van der Waals surface area contributed by atoms with E-state index >= 15 is 0 Å². The van der Waals surface area contributed by atoms with Crippen molar-refractivity contribution in [3.63, 3.8) is 0 Å². The van der Waals surface area contributed by atoms with Gasteiger partial charge in [-0.2, -0.15) is 0 Å². The molecule has 0 aromatic heterocycles. The van der Waals surface area contributed by atoms with E-state index in [1.807, 2.05) is 0 Å². The molecule has 1 aliphatic rings. The third kappa shape index (κ3) is 0.840. The first-order valence-electron chi connectivity index (χ1n) is 3.36. The molecule has 0 atom stereocenters. The minimum Gasteiger partial charge on any atom is -0.293 e. The largest absolute Gasteiger partial charge is 0.293 e. The fourth-order valence-corrected chi connectivity index (χ4v) is 1.23. The topological polar surface area (TPSA) is 3.24 Å². The molecule has 1 aliphatic carbocycles. The summed E-state index contributed by atoms with van der Waals surface area (Å²) in [7, 11) is 4.11. The first-order valence-corrected chi connectivity index (χ1v) is 3.36. The van der Waals surface area contributed by atoms with Gasteiger partial charge in [0.15, 0.2) is 0 Å². The molecule has 0 heterocycles. The summed E-state index contributed by atoms with van der Waals surface area (Å²) in [4.78, 5) is 2.15. The molecule has 0 aromatic carbocycles. The van der Waals surface area contributed by atoms with Crippen molar-refractivity contribution >= 4 is 0 Å². The lowest BCUT2D eigenvalue weighted by molar-refractivity contribution is 0.122. The molecule has 1 heteroatoms. The van der Waals surface area contributed by atoms with Crippen LogP contribution in [-0.4, -0.2) is 24.5 Å². The summed E-state index contributed by atoms with van der Waals surface area (Å²) in [6, 6.07) is 0. The number of hydrogen-bond donors (Lipinski definition) is 0. The highest BCUT2D eigenvalue weighted by Gasteiger charge is 2.36. The highest BCUT2D eigenvalue weighted by Crippen LogP contribution is 2.34. The van der Waals surface area contributed by atoms with Gasteiger partial charge in [0, 0.05) is 0 Å². The summed E-state index contributed by atoms with van der Waals surface area (Å²) in [5.74, 6) is 2.84. The smallest absolute Gasteiger partial charge is 0.0818 e. The van der Waals surface area contributed by atoms with Crippen molar-refractivity contribution in [3.8, 4) is 12.3 Å². The van der Waals surface area contributed by atoms with E-state index in [9.17, 15) is 0 Å². The minimum atomic E-state index is 0.125. The van der Waals surface area contributed by atoms with E-state index in [1.54, 1.807) is 0 Å². The normalized spacial score (nSPS) is 22.9. The predicted octanol–water partition coefficient (Wildman–Crippen LogP) is 1.10. The average Bonchev–Trinajstić information content (AvgIpc) is 1.62. The van der Waals surface area contributed by atoms with Crippen molar-refractivity contribution in [1.82, 2.24) is 4.90 Å². The van der Waals surface area contributed by atoms with Crippen molar-refractivity contribution in [2.24, 2.45) is 0 Å². The van der Waals surface area contributed by atoms with Gasteiger partial charge in [-0.15, -0.1) is 6.42 Å². The Bertz CT molecular complexity index is 137. The van der Waals surface area contributed by atoms with E-state index in [0.717, 1.165) is 0 Å². The molecule has 0 bridgehead atoms. The van der Waals surface area contributed by atoms with Crippen molar-refractivity contribution in [1.29, 1.82) is 0 Å². The van der Waals surface area contributed by atoms with Crippen molar-refractivity contribution in [2.75, 3.05) is 14.1 Å². The molecule has 1 nitrogen and oxygen atoms in total. The molecule has 0 radical (unpaired) electrons. The van der Waals surface area contributed by atoms with Gasteiger partial charge in [0.1, 0.15) is 0 Å². The summed E-state index contributed by atoms with van der Waals surface area (Å²) in [5, 5.41) is 0. The zero-order valence-electron chi connectivity index (χ0n) is 6.15. The van der Waals surface area contributed by atoms with E-state index in [2.05, 4.69) is 24.9 Å². The Balaban J connectivity index is 2.60. The van der Waals surface area contributed by atoms with Crippen LogP contribution in [0.4, 0.5) is 0 Å². The van der Waals surface area contributed by atoms with Crippen LogP contribution >= 0.6 is 0 Å². The van der Waals surface area contributed by atoms with Gasteiger partial charge >= 0.3 is 0 Å². The van der Waals surface area contributed by atoms with Crippen LogP contribution in [0.5, 0.6) is 0 Å². The number of terminal acetylenes is 1. The molecule has 9 heavy (non-hydrogen) atoms. The van der Waals surface area contributed by atoms with E-state index in [1.165, 1.54) is 19.3 Å². The standard InChI is InChI=1S/C8H13N/c1-4-8(9(2)3)6-5-7-8/h1H,5-7H2,2-3H3. The molecule has 0 amide bonds. The summed E-state index contributed by atoms with van der Waals surface area (Å²) < 4.78 is 0. The molecule has 1 saturated carbocycles. The molecule has 0 aromatic rings. The molecule has 0 saturated heterocycles. The van der Waals surface area contributed by atoms with E-state index in [4.69, 9.17) is 6.42 Å². The zero-order chi connectivity index (χ0) is 6.91. The third-order valence-corrected chi connectivity index (χ3v) is 2.31. The first kappa shape index (κ1) is 6.64. The second kappa shape index (κ2) is 2.04. The van der Waals surface area contributed by atoms with Crippen LogP contribution in [0.15, 0.2) is 0 Å². The third-order valence-electron chi connectivity index (χ3n) is 2.31. The molecular weight excluding hydrogens is 110 g/mol. The van der Waals surface area contributed by atoms with Gasteiger partial charge in [0.05, 0.1) is 5.54 Å². The Morgan fingerprint density at radius 2 is 2.00 bits per heavy atom. The van der Waals surface area contributed by atoms with Gasteiger partial charge in [-0.25, -0.2) is 0 Å². The number of nitrogens with zero attached hydrogens (tertiary/aromatic N) is 1. The summed E-state index contributed by atoms with van der Waals surface area (Å²) >= 11 is 0. The molecule has 0 aliphatic heterocycles. The maximum atomic E-state index is 5.38. The van der Waals surface area contributed by atoms with Crippen LogP contribution in [0.25, 0.3) is 0 Å². The quantitative estimate of drug-likeness (QED) is 0.472. The van der Waals surface area contributed by atoms with Gasteiger partial charge in [-0.3, -0.25) is 4.90 Å². The highest BCUT2D eigenvalue weighted by atomic mass is 15.1. The highest BCUT2D eigenvalue weighted by molar-refractivity contribution is 5.17. The van der Waals surface area contributed by atoms with Gasteiger partial charge in [-0.05, 0) is 33.4 Å². The second-order valence-corrected chi connectivity index (χ2v) is 2.92. The number of rotatable bonds is 1. The Hall–Kier alpha value is -0.480. The van der Waals surface area contributed by atoms with Crippen molar-refractivity contribution in [2.45, 2.75) is 24.8 Å². The first-order chi connectivity index (χ1) is 4.21. The fraction of sp³-hybridized carbons (Fsp3) is 0.750. The van der Waals surface area contributed by atoms with E-state index in [0.29, 0.717) is 0 Å². The lowest BCUT2D eigenvalue weighted by atomic mass is 9.76. The molecule has 1 rings (SSSR count). The zero-order valence-corrected chi connectivity index (χ0v) is 6.15. The SMILES string of the molecule is C#CC1(N(C)C)CCC1. The summed E-state index contributed by atoms with van der Waals surface area (Å²) in [6.07, 6.45) is 9.03. The van der Waals surface area contributed by atoms with Crippen LogP contribution in [-0.2, 0) is 0 Å². The molecule has 0 spiro atoms. The van der Waals surface area contributed by atoms with Crippen LogP contribution in [0, 0.1) is 12.3 Å². The average molecular weight is 123 g/mol. The fourth-order valence-electron chi connectivity index (χ4n) is 1.23. The predicted molar refractivity (Wildman–Crippen MR) is 39.1 cm³/mol. The molecule has 0 N–H and O–H groups in total. The molecule has 1 fully saturated rings. The maximum absolute atomic E-state index is 5.38.